The summed E-state index contributed by atoms with van der Waals surface area (Å²) in [5.74, 6) is 0. The predicted molar refractivity (Wildman–Crippen MR) is 49.2 cm³/mol. The Morgan fingerprint density at radius 2 is 2.15 bits per heavy atom. The molecule has 0 amide bonds. The maximum Gasteiger partial charge on any atom is 1.00 e. The molecule has 1 rings (SSSR count). The van der Waals surface area contributed by atoms with Crippen molar-refractivity contribution in [1.82, 2.24) is 0 Å². The molecule has 0 fully saturated rings. The van der Waals surface area contributed by atoms with E-state index in [0.29, 0.717) is 0 Å². The Labute approximate surface area is 102 Å². The number of rotatable bonds is 2. The fourth-order valence-electron chi connectivity index (χ4n) is 1.36. The van der Waals surface area contributed by atoms with E-state index in [2.05, 4.69) is 6.58 Å². The molecule has 0 bridgehead atoms. The second kappa shape index (κ2) is 4.96. The third-order valence-electron chi connectivity index (χ3n) is 2.31. The van der Waals surface area contributed by atoms with E-state index in [-0.39, 0.29) is 29.6 Å². The van der Waals surface area contributed by atoms with E-state index in [1.54, 1.807) is 6.08 Å². The Hall–Kier alpha value is -0.0931. The zero-order chi connectivity index (χ0) is 9.30. The molecule has 0 saturated carbocycles. The van der Waals surface area contributed by atoms with Gasteiger partial charge in [0.05, 0.1) is 0 Å². The van der Waals surface area contributed by atoms with Gasteiger partial charge in [-0.3, -0.25) is 0 Å². The summed E-state index contributed by atoms with van der Waals surface area (Å²) in [6.45, 7) is 7.43. The first-order valence-electron chi connectivity index (χ1n) is 3.80. The minimum Gasteiger partial charge on any atom is -0.555 e. The molecule has 64 valence electrons. The van der Waals surface area contributed by atoms with Gasteiger partial charge < -0.3 is 9.90 Å². The van der Waals surface area contributed by atoms with Crippen LogP contribution in [0.3, 0.4) is 0 Å². The number of hydrogen-bond donors (Lipinski definition) is 0. The second-order valence-corrected chi connectivity index (χ2v) is 5.56. The Kier molecular flexibility index (Phi) is 4.92. The van der Waals surface area contributed by atoms with Crippen LogP contribution in [-0.4, -0.2) is 14.4 Å². The Morgan fingerprint density at radius 3 is 2.38 bits per heavy atom. The minimum atomic E-state index is -1.93. The summed E-state index contributed by atoms with van der Waals surface area (Å²) in [4.78, 5) is 10.7. The summed E-state index contributed by atoms with van der Waals surface area (Å²) < 4.78 is 0. The number of carbonyl (C=O) groups excluding carboxylic acids is 1. The Bertz CT molecular complexity index is 305. The first kappa shape index (κ1) is 12.9. The third-order valence-corrected chi connectivity index (χ3v) is 4.88. The smallest absolute Gasteiger partial charge is 0.555 e. The molecule has 0 spiro atoms. The fraction of sp³-hybridized carbons (Fsp3) is 0.222. The summed E-state index contributed by atoms with van der Waals surface area (Å²) in [7, 11) is -1.93. The SMILES string of the molecule is C=CC1=C[SiH](C(=O)[O-])C(C)=C1C.[Na+]. The van der Waals surface area contributed by atoms with Crippen molar-refractivity contribution in [2.75, 3.05) is 0 Å². The molecule has 0 aliphatic carbocycles. The molecule has 1 aliphatic rings. The molecule has 0 aromatic carbocycles. The number of carbonyl (C=O) groups is 1. The van der Waals surface area contributed by atoms with Crippen molar-refractivity contribution in [2.24, 2.45) is 0 Å². The molecule has 13 heavy (non-hydrogen) atoms. The van der Waals surface area contributed by atoms with Crippen LogP contribution in [0.4, 0.5) is 4.79 Å². The van der Waals surface area contributed by atoms with Gasteiger partial charge >= 0.3 is 29.6 Å². The van der Waals surface area contributed by atoms with E-state index in [0.717, 1.165) is 16.3 Å². The van der Waals surface area contributed by atoms with Gasteiger partial charge in [-0.05, 0) is 25.0 Å². The molecule has 1 atom stereocenters. The van der Waals surface area contributed by atoms with Crippen molar-refractivity contribution in [1.29, 1.82) is 0 Å². The molecule has 1 heterocycles. The van der Waals surface area contributed by atoms with Crippen molar-refractivity contribution in [3.8, 4) is 0 Å². The van der Waals surface area contributed by atoms with Gasteiger partial charge in [0.2, 0.25) is 0 Å². The van der Waals surface area contributed by atoms with Crippen molar-refractivity contribution < 1.29 is 39.5 Å². The summed E-state index contributed by atoms with van der Waals surface area (Å²) in [5, 5.41) is 11.6. The van der Waals surface area contributed by atoms with Gasteiger partial charge in [-0.2, -0.15) is 0 Å². The average Bonchev–Trinajstić information content (AvgIpc) is 2.30. The van der Waals surface area contributed by atoms with Crippen LogP contribution < -0.4 is 34.7 Å². The van der Waals surface area contributed by atoms with E-state index in [1.807, 2.05) is 19.5 Å². The first-order valence-corrected chi connectivity index (χ1v) is 5.63. The molecule has 1 unspecified atom stereocenters. The van der Waals surface area contributed by atoms with Gasteiger partial charge in [-0.25, -0.2) is 0 Å². The van der Waals surface area contributed by atoms with Gasteiger partial charge in [0, 0.05) is 5.59 Å². The molecule has 0 aromatic heterocycles. The number of hydrogen-bond acceptors (Lipinski definition) is 2. The van der Waals surface area contributed by atoms with Crippen LogP contribution >= 0.6 is 0 Å². The van der Waals surface area contributed by atoms with E-state index >= 15 is 0 Å². The molecule has 0 radical (unpaired) electrons. The Balaban J connectivity index is 0.00000144. The first-order chi connectivity index (χ1) is 5.57. The van der Waals surface area contributed by atoms with Crippen molar-refractivity contribution in [3.63, 3.8) is 0 Å². The molecular weight excluding hydrogens is 191 g/mol. The van der Waals surface area contributed by atoms with Crippen molar-refractivity contribution >= 4 is 14.4 Å². The summed E-state index contributed by atoms with van der Waals surface area (Å²) in [6, 6.07) is 0. The molecule has 0 N–H and O–H groups in total. The maximum absolute atomic E-state index is 10.7. The van der Waals surface area contributed by atoms with Crippen LogP contribution in [0.5, 0.6) is 0 Å². The summed E-state index contributed by atoms with van der Waals surface area (Å²) >= 11 is 0. The number of allylic oxidation sites excluding steroid dienone is 4. The standard InChI is InChI=1S/C9H12O2Si.Na/c1-4-8-5-12(9(10)11)7(3)6(8)2;/h4-5,12H,1H2,2-3H3,(H,10,11);/q;+1/p-1. The monoisotopic (exact) mass is 202 g/mol. The molecule has 0 saturated heterocycles. The zero-order valence-corrected chi connectivity index (χ0v) is 11.4. The fourth-order valence-corrected chi connectivity index (χ4v) is 3.47. The summed E-state index contributed by atoms with van der Waals surface area (Å²) in [6.07, 6.45) is 1.70. The van der Waals surface area contributed by atoms with E-state index in [4.69, 9.17) is 0 Å². The normalized spacial score (nSPS) is 20.8. The van der Waals surface area contributed by atoms with Gasteiger partial charge in [-0.15, -0.1) is 0 Å². The van der Waals surface area contributed by atoms with Gasteiger partial charge in [0.25, 0.3) is 0 Å². The number of carboxylic acid groups (broad SMARTS) is 1. The van der Waals surface area contributed by atoms with Crippen LogP contribution in [0.25, 0.3) is 0 Å². The molecule has 0 aromatic rings. The molecule has 4 heteroatoms. The van der Waals surface area contributed by atoms with Gasteiger partial charge in [0.1, 0.15) is 8.80 Å². The quantitative estimate of drug-likeness (QED) is 0.472. The third kappa shape index (κ3) is 2.44. The van der Waals surface area contributed by atoms with Crippen LogP contribution in [0, 0.1) is 0 Å². The second-order valence-electron chi connectivity index (χ2n) is 2.93. The average molecular weight is 202 g/mol. The van der Waals surface area contributed by atoms with E-state index in [1.165, 1.54) is 0 Å². The van der Waals surface area contributed by atoms with Gasteiger partial charge in [-0.1, -0.05) is 23.6 Å². The van der Waals surface area contributed by atoms with Gasteiger partial charge in [0.15, 0.2) is 0 Å². The van der Waals surface area contributed by atoms with Crippen molar-refractivity contribution in [2.45, 2.75) is 13.8 Å². The topological polar surface area (TPSA) is 40.1 Å². The van der Waals surface area contributed by atoms with Crippen molar-refractivity contribution in [3.05, 3.63) is 34.7 Å². The Morgan fingerprint density at radius 1 is 1.62 bits per heavy atom. The molecule has 2 nitrogen and oxygen atoms in total. The predicted octanol–water partition coefficient (Wildman–Crippen LogP) is -2.32. The zero-order valence-electron chi connectivity index (χ0n) is 8.26. The maximum atomic E-state index is 10.7. The summed E-state index contributed by atoms with van der Waals surface area (Å²) in [5.41, 5.74) is 2.94. The van der Waals surface area contributed by atoms with Crippen LogP contribution in [0.2, 0.25) is 0 Å². The van der Waals surface area contributed by atoms with Crippen LogP contribution in [-0.2, 0) is 0 Å². The van der Waals surface area contributed by atoms with Crippen LogP contribution in [0.1, 0.15) is 13.8 Å². The molecular formula is C9H11NaO2Si. The van der Waals surface area contributed by atoms with Crippen LogP contribution in [0.15, 0.2) is 34.7 Å². The van der Waals surface area contributed by atoms with E-state index in [9.17, 15) is 9.90 Å². The largest absolute Gasteiger partial charge is 1.00 e. The minimum absolute atomic E-state index is 0. The molecule has 1 aliphatic heterocycles. The van der Waals surface area contributed by atoms with E-state index < -0.39 is 14.4 Å².